The predicted octanol–water partition coefficient (Wildman–Crippen LogP) is 22.1. The molecular formula is C78H54N2. The van der Waals surface area contributed by atoms with Crippen molar-refractivity contribution in [2.75, 3.05) is 9.80 Å². The van der Waals surface area contributed by atoms with Gasteiger partial charge in [-0.2, -0.15) is 0 Å². The van der Waals surface area contributed by atoms with Crippen molar-refractivity contribution in [1.82, 2.24) is 0 Å². The Bertz CT molecular complexity index is 4250. The number of fused-ring (bicyclic) bond motifs is 6. The van der Waals surface area contributed by atoms with E-state index in [0.29, 0.717) is 0 Å². The average Bonchev–Trinajstić information content (AvgIpc) is 3.63. The van der Waals surface area contributed by atoms with E-state index in [1.807, 2.05) is 0 Å². The van der Waals surface area contributed by atoms with Crippen molar-refractivity contribution in [3.63, 3.8) is 0 Å². The van der Waals surface area contributed by atoms with E-state index in [2.05, 4.69) is 337 Å². The quantitative estimate of drug-likeness (QED) is 0.113. The zero-order valence-corrected chi connectivity index (χ0v) is 44.1. The van der Waals surface area contributed by atoms with E-state index >= 15 is 0 Å². The van der Waals surface area contributed by atoms with Crippen molar-refractivity contribution in [2.45, 2.75) is 0 Å². The van der Waals surface area contributed by atoms with Gasteiger partial charge in [-0.05, 0) is 166 Å². The van der Waals surface area contributed by atoms with Crippen LogP contribution < -0.4 is 9.80 Å². The van der Waals surface area contributed by atoms with Gasteiger partial charge in [-0.25, -0.2) is 0 Å². The first-order valence-electron chi connectivity index (χ1n) is 27.5. The fourth-order valence-electron chi connectivity index (χ4n) is 11.7. The van der Waals surface area contributed by atoms with Crippen LogP contribution in [0.1, 0.15) is 0 Å². The molecule has 376 valence electrons. The molecule has 2 heteroatoms. The standard InChI is InChI=1S/C78H54N2/c1-6-20-55(21-7-1)59-34-43-65(44-35-59)79(66-45-36-60(37-46-66)56-22-8-2-9-23-56)77-53-74(63-28-14-5-15-29-63)75(64-42-51-73-71-32-17-16-30-69(71)70-31-18-19-33-72(70)76(73)52-64)54-78(77)80(67-47-38-61(39-48-67)57-24-10-3-11-25-57)68-49-40-62(41-50-68)58-26-12-4-13-27-58/h1-54H. The molecule has 0 fully saturated rings. The van der Waals surface area contributed by atoms with Gasteiger partial charge in [-0.3, -0.25) is 0 Å². The molecule has 0 unspecified atom stereocenters. The summed E-state index contributed by atoms with van der Waals surface area (Å²) >= 11 is 0. The van der Waals surface area contributed by atoms with Crippen LogP contribution in [-0.4, -0.2) is 0 Å². The highest BCUT2D eigenvalue weighted by Gasteiger charge is 2.27. The minimum Gasteiger partial charge on any atom is -0.308 e. The van der Waals surface area contributed by atoms with Crippen molar-refractivity contribution in [3.8, 4) is 66.8 Å². The van der Waals surface area contributed by atoms with E-state index in [0.717, 1.165) is 78.6 Å². The fourth-order valence-corrected chi connectivity index (χ4v) is 11.7. The summed E-state index contributed by atoms with van der Waals surface area (Å²) in [5.74, 6) is 0. The Morgan fingerprint density at radius 3 is 0.688 bits per heavy atom. The first-order valence-corrected chi connectivity index (χ1v) is 27.5. The lowest BCUT2D eigenvalue weighted by atomic mass is 9.88. The summed E-state index contributed by atoms with van der Waals surface area (Å²) in [5.41, 5.74) is 20.0. The molecule has 0 radical (unpaired) electrons. The highest BCUT2D eigenvalue weighted by Crippen LogP contribution is 2.51. The van der Waals surface area contributed by atoms with Crippen LogP contribution in [-0.2, 0) is 0 Å². The number of hydrogen-bond acceptors (Lipinski definition) is 2. The van der Waals surface area contributed by atoms with Gasteiger partial charge < -0.3 is 9.80 Å². The number of rotatable bonds is 12. The van der Waals surface area contributed by atoms with E-state index in [9.17, 15) is 0 Å². The smallest absolute Gasteiger partial charge is 0.0709 e. The molecule has 0 heterocycles. The molecule has 2 nitrogen and oxygen atoms in total. The third-order valence-corrected chi connectivity index (χ3v) is 15.7. The van der Waals surface area contributed by atoms with Crippen LogP contribution in [0.2, 0.25) is 0 Å². The third kappa shape index (κ3) is 9.15. The normalized spacial score (nSPS) is 11.2. The lowest BCUT2D eigenvalue weighted by Crippen LogP contribution is -2.17. The van der Waals surface area contributed by atoms with Gasteiger partial charge in [-0.15, -0.1) is 0 Å². The molecule has 0 atom stereocenters. The topological polar surface area (TPSA) is 6.48 Å². The molecule has 0 saturated carbocycles. The van der Waals surface area contributed by atoms with Crippen LogP contribution in [0.5, 0.6) is 0 Å². The summed E-state index contributed by atoms with van der Waals surface area (Å²) in [5, 5.41) is 7.48. The highest BCUT2D eigenvalue weighted by molar-refractivity contribution is 6.26. The number of nitrogens with zero attached hydrogens (tertiary/aromatic N) is 2. The monoisotopic (exact) mass is 1020 g/mol. The van der Waals surface area contributed by atoms with Crippen molar-refractivity contribution in [2.24, 2.45) is 0 Å². The fraction of sp³-hybridized carbons (Fsp3) is 0. The molecular weight excluding hydrogens is 965 g/mol. The SMILES string of the molecule is c1ccc(-c2ccc(N(c3ccc(-c4ccccc4)cc3)c3cc(-c4ccccc4)c(-c4ccc5c6ccccc6c6ccccc6c5c4)cc3N(c3ccc(-c4ccccc4)cc3)c3ccc(-c4ccccc4)cc3)cc2)cc1. The van der Waals surface area contributed by atoms with Crippen molar-refractivity contribution in [1.29, 1.82) is 0 Å². The van der Waals surface area contributed by atoms with Crippen molar-refractivity contribution < 1.29 is 0 Å². The number of anilines is 6. The Morgan fingerprint density at radius 1 is 0.150 bits per heavy atom. The van der Waals surface area contributed by atoms with E-state index in [-0.39, 0.29) is 0 Å². The first kappa shape index (κ1) is 47.9. The Morgan fingerprint density at radius 2 is 0.375 bits per heavy atom. The lowest BCUT2D eigenvalue weighted by Gasteiger charge is -2.35. The van der Waals surface area contributed by atoms with Gasteiger partial charge in [0.05, 0.1) is 11.4 Å². The maximum Gasteiger partial charge on any atom is 0.0709 e. The summed E-state index contributed by atoms with van der Waals surface area (Å²) in [6.07, 6.45) is 0. The van der Waals surface area contributed by atoms with Gasteiger partial charge in [0.15, 0.2) is 0 Å². The zero-order chi connectivity index (χ0) is 53.2. The Labute approximate surface area is 468 Å². The van der Waals surface area contributed by atoms with E-state index in [1.54, 1.807) is 0 Å². The summed E-state index contributed by atoms with van der Waals surface area (Å²) < 4.78 is 0. The molecule has 0 saturated heterocycles. The van der Waals surface area contributed by atoms with Crippen molar-refractivity contribution in [3.05, 3.63) is 328 Å². The van der Waals surface area contributed by atoms with Crippen LogP contribution in [0.15, 0.2) is 328 Å². The van der Waals surface area contributed by atoms with Gasteiger partial charge >= 0.3 is 0 Å². The van der Waals surface area contributed by atoms with Crippen LogP contribution in [0.4, 0.5) is 34.1 Å². The molecule has 0 aliphatic carbocycles. The molecule has 0 aliphatic rings. The summed E-state index contributed by atoms with van der Waals surface area (Å²) in [7, 11) is 0. The van der Waals surface area contributed by atoms with E-state index in [4.69, 9.17) is 0 Å². The number of hydrogen-bond donors (Lipinski definition) is 0. The molecule has 0 aliphatic heterocycles. The Hall–Kier alpha value is -10.5. The first-order chi connectivity index (χ1) is 39.7. The largest absolute Gasteiger partial charge is 0.308 e. The van der Waals surface area contributed by atoms with Crippen LogP contribution >= 0.6 is 0 Å². The molecule has 0 spiro atoms. The van der Waals surface area contributed by atoms with Gasteiger partial charge in [-0.1, -0.05) is 261 Å². The lowest BCUT2D eigenvalue weighted by molar-refractivity contribution is 1.23. The van der Waals surface area contributed by atoms with E-state index < -0.39 is 0 Å². The summed E-state index contributed by atoms with van der Waals surface area (Å²) in [4.78, 5) is 4.92. The third-order valence-electron chi connectivity index (χ3n) is 15.7. The second-order valence-electron chi connectivity index (χ2n) is 20.4. The zero-order valence-electron chi connectivity index (χ0n) is 44.1. The second-order valence-corrected chi connectivity index (χ2v) is 20.4. The van der Waals surface area contributed by atoms with Crippen molar-refractivity contribution >= 4 is 66.4 Å². The molecule has 80 heavy (non-hydrogen) atoms. The number of benzene rings is 14. The maximum absolute atomic E-state index is 2.46. The minimum atomic E-state index is 1.02. The molecule has 0 N–H and O–H groups in total. The minimum absolute atomic E-state index is 1.02. The predicted molar refractivity (Wildman–Crippen MR) is 341 cm³/mol. The average molecular weight is 1020 g/mol. The maximum atomic E-state index is 2.46. The van der Waals surface area contributed by atoms with Crippen LogP contribution in [0, 0.1) is 0 Å². The van der Waals surface area contributed by atoms with Gasteiger partial charge in [0.1, 0.15) is 0 Å². The Balaban J connectivity index is 1.07. The Kier molecular flexibility index (Phi) is 12.6. The van der Waals surface area contributed by atoms with Gasteiger partial charge in [0, 0.05) is 22.7 Å². The molecule has 0 aromatic heterocycles. The second kappa shape index (κ2) is 21.1. The van der Waals surface area contributed by atoms with Crippen LogP contribution in [0.25, 0.3) is 99.1 Å². The van der Waals surface area contributed by atoms with Gasteiger partial charge in [0.2, 0.25) is 0 Å². The molecule has 14 aromatic rings. The van der Waals surface area contributed by atoms with Crippen LogP contribution in [0.3, 0.4) is 0 Å². The summed E-state index contributed by atoms with van der Waals surface area (Å²) in [6, 6.07) is 120. The van der Waals surface area contributed by atoms with E-state index in [1.165, 1.54) is 54.6 Å². The molecule has 0 amide bonds. The molecule has 14 rings (SSSR count). The molecule has 0 bridgehead atoms. The highest BCUT2D eigenvalue weighted by atomic mass is 15.2. The van der Waals surface area contributed by atoms with Gasteiger partial charge in [0.25, 0.3) is 0 Å². The molecule has 14 aromatic carbocycles. The summed E-state index contributed by atoms with van der Waals surface area (Å²) in [6.45, 7) is 0.